The van der Waals surface area contributed by atoms with E-state index in [2.05, 4.69) is 18.2 Å². The molecule has 0 heterocycles. The fourth-order valence-electron chi connectivity index (χ4n) is 4.94. The number of rotatable bonds is 8. The van der Waals surface area contributed by atoms with E-state index in [0.29, 0.717) is 31.3 Å². The van der Waals surface area contributed by atoms with Gasteiger partial charge in [-0.3, -0.25) is 4.52 Å². The van der Waals surface area contributed by atoms with Gasteiger partial charge in [-0.05, 0) is 79.2 Å². The molecule has 3 atom stereocenters. The van der Waals surface area contributed by atoms with Crippen LogP contribution in [-0.2, 0) is 21.9 Å². The second-order valence-electron chi connectivity index (χ2n) is 9.19. The van der Waals surface area contributed by atoms with Crippen LogP contribution in [-0.4, -0.2) is 35.6 Å². The average molecular weight is 461 g/mol. The smallest absolute Gasteiger partial charge is 0.469 e. The lowest BCUT2D eigenvalue weighted by Crippen LogP contribution is -2.41. The molecule has 2 aliphatic rings. The summed E-state index contributed by atoms with van der Waals surface area (Å²) in [7, 11) is -2.85. The van der Waals surface area contributed by atoms with Gasteiger partial charge in [-0.15, -0.1) is 0 Å². The van der Waals surface area contributed by atoms with Gasteiger partial charge in [0.15, 0.2) is 0 Å². The minimum Gasteiger partial charge on any atom is -0.497 e. The van der Waals surface area contributed by atoms with Gasteiger partial charge in [0.05, 0.1) is 20.3 Å². The number of fused-ring (bicyclic) bond motifs is 1. The highest BCUT2D eigenvalue weighted by atomic mass is 31.2. The van der Waals surface area contributed by atoms with E-state index >= 15 is 0 Å². The SMILES string of the molecule is COc1cccc(OC[C@H]2CCc3cc([C@@H]4CC[C@](N)(COP(=O)(O)O)C4)ccc3C2)c1. The molecule has 1 saturated carbocycles. The number of hydrogen-bond donors (Lipinski definition) is 3. The Morgan fingerprint density at radius 3 is 2.72 bits per heavy atom. The minimum atomic E-state index is -4.50. The Kier molecular flexibility index (Phi) is 6.94. The summed E-state index contributed by atoms with van der Waals surface area (Å²) in [5.74, 6) is 2.40. The Balaban J connectivity index is 1.34. The van der Waals surface area contributed by atoms with E-state index in [0.717, 1.165) is 37.2 Å². The highest BCUT2D eigenvalue weighted by Gasteiger charge is 2.38. The number of phosphoric ester groups is 1. The van der Waals surface area contributed by atoms with Gasteiger partial charge in [0, 0.05) is 11.6 Å². The average Bonchev–Trinajstić information content (AvgIpc) is 3.18. The monoisotopic (exact) mass is 461 g/mol. The molecule has 0 aromatic heterocycles. The van der Waals surface area contributed by atoms with Crippen molar-refractivity contribution in [2.24, 2.45) is 11.7 Å². The summed E-state index contributed by atoms with van der Waals surface area (Å²) in [4.78, 5) is 17.9. The summed E-state index contributed by atoms with van der Waals surface area (Å²) in [6.45, 7) is 0.569. The van der Waals surface area contributed by atoms with Gasteiger partial charge in [-0.2, -0.15) is 0 Å². The van der Waals surface area contributed by atoms with Crippen molar-refractivity contribution in [1.29, 1.82) is 0 Å². The molecule has 2 aliphatic carbocycles. The van der Waals surface area contributed by atoms with Crippen LogP contribution in [0.15, 0.2) is 42.5 Å². The first kappa shape index (κ1) is 23.3. The maximum Gasteiger partial charge on any atom is 0.469 e. The fraction of sp³-hybridized carbons (Fsp3) is 0.500. The van der Waals surface area contributed by atoms with Gasteiger partial charge in [0.25, 0.3) is 0 Å². The second-order valence-corrected chi connectivity index (χ2v) is 10.4. The molecule has 0 aliphatic heterocycles. The summed E-state index contributed by atoms with van der Waals surface area (Å²) in [5.41, 5.74) is 9.70. The second kappa shape index (κ2) is 9.54. The number of hydrogen-bond acceptors (Lipinski definition) is 5. The molecule has 4 rings (SSSR count). The maximum absolute atomic E-state index is 11.0. The van der Waals surface area contributed by atoms with Crippen LogP contribution in [0.1, 0.15) is 48.3 Å². The highest BCUT2D eigenvalue weighted by Crippen LogP contribution is 2.44. The Hall–Kier alpha value is -1.89. The first-order valence-corrected chi connectivity index (χ1v) is 12.6. The van der Waals surface area contributed by atoms with Crippen LogP contribution in [0.25, 0.3) is 0 Å². The van der Waals surface area contributed by atoms with Crippen LogP contribution in [0.5, 0.6) is 11.5 Å². The topological polar surface area (TPSA) is 111 Å². The van der Waals surface area contributed by atoms with Crippen LogP contribution in [0.4, 0.5) is 0 Å². The number of phosphoric acid groups is 1. The molecule has 0 bridgehead atoms. The van der Waals surface area contributed by atoms with Crippen molar-refractivity contribution in [3.63, 3.8) is 0 Å². The van der Waals surface area contributed by atoms with Gasteiger partial charge < -0.3 is 25.0 Å². The predicted molar refractivity (Wildman–Crippen MR) is 122 cm³/mol. The van der Waals surface area contributed by atoms with Crippen LogP contribution in [0, 0.1) is 5.92 Å². The van der Waals surface area contributed by atoms with Crippen molar-refractivity contribution in [1.82, 2.24) is 0 Å². The largest absolute Gasteiger partial charge is 0.497 e. The molecular weight excluding hydrogens is 429 g/mol. The third-order valence-electron chi connectivity index (χ3n) is 6.72. The normalized spacial score (nSPS) is 25.4. The molecule has 0 amide bonds. The minimum absolute atomic E-state index is 0.117. The third-order valence-corrected chi connectivity index (χ3v) is 7.19. The van der Waals surface area contributed by atoms with Crippen molar-refractivity contribution in [3.8, 4) is 11.5 Å². The van der Waals surface area contributed by atoms with Crippen LogP contribution in [0.3, 0.4) is 0 Å². The van der Waals surface area contributed by atoms with Crippen molar-refractivity contribution in [2.75, 3.05) is 20.3 Å². The zero-order valence-corrected chi connectivity index (χ0v) is 19.3. The lowest BCUT2D eigenvalue weighted by molar-refractivity contribution is 0.153. The summed E-state index contributed by atoms with van der Waals surface area (Å²) >= 11 is 0. The molecule has 174 valence electrons. The predicted octanol–water partition coefficient (Wildman–Crippen LogP) is 3.95. The highest BCUT2D eigenvalue weighted by molar-refractivity contribution is 7.46. The van der Waals surface area contributed by atoms with Gasteiger partial charge >= 0.3 is 7.82 Å². The summed E-state index contributed by atoms with van der Waals surface area (Å²) in [5, 5.41) is 0. The van der Waals surface area contributed by atoms with E-state index in [9.17, 15) is 4.57 Å². The van der Waals surface area contributed by atoms with Gasteiger partial charge in [-0.25, -0.2) is 4.57 Å². The molecule has 4 N–H and O–H groups in total. The van der Waals surface area contributed by atoms with E-state index in [1.807, 2.05) is 24.3 Å². The number of methoxy groups -OCH3 is 1. The molecule has 2 aromatic rings. The lowest BCUT2D eigenvalue weighted by Gasteiger charge is -2.27. The van der Waals surface area contributed by atoms with E-state index < -0.39 is 13.4 Å². The Labute approximate surface area is 189 Å². The summed E-state index contributed by atoms with van der Waals surface area (Å²) < 4.78 is 27.0. The van der Waals surface area contributed by atoms with Gasteiger partial charge in [0.1, 0.15) is 11.5 Å². The molecule has 8 heteroatoms. The standard InChI is InChI=1S/C24H32NO6P/c1-29-22-3-2-4-23(13-22)30-15-17-5-6-19-12-20(8-7-18(19)11-17)21-9-10-24(25,14-21)16-31-32(26,27)28/h2-4,7-8,12-13,17,21H,5-6,9-11,14-16,25H2,1H3,(H2,26,27,28)/t17-,21+,24+/m0/s1. The lowest BCUT2D eigenvalue weighted by atomic mass is 9.82. The molecule has 0 unspecified atom stereocenters. The fourth-order valence-corrected chi connectivity index (χ4v) is 5.36. The van der Waals surface area contributed by atoms with E-state index in [1.54, 1.807) is 7.11 Å². The molecule has 7 nitrogen and oxygen atoms in total. The summed E-state index contributed by atoms with van der Waals surface area (Å²) in [6.07, 6.45) is 5.37. The first-order valence-electron chi connectivity index (χ1n) is 11.1. The van der Waals surface area contributed by atoms with Crippen molar-refractivity contribution in [2.45, 2.75) is 50.0 Å². The number of nitrogens with two attached hydrogens (primary N) is 1. The Bertz CT molecular complexity index is 992. The zero-order chi connectivity index (χ0) is 22.8. The van der Waals surface area contributed by atoms with Crippen molar-refractivity contribution < 1.29 is 28.3 Å². The molecule has 32 heavy (non-hydrogen) atoms. The zero-order valence-electron chi connectivity index (χ0n) is 18.4. The number of ether oxygens (including phenoxy) is 2. The molecule has 2 aromatic carbocycles. The van der Waals surface area contributed by atoms with Crippen molar-refractivity contribution >= 4 is 7.82 Å². The quantitative estimate of drug-likeness (QED) is 0.511. The van der Waals surface area contributed by atoms with Crippen LogP contribution < -0.4 is 15.2 Å². The van der Waals surface area contributed by atoms with E-state index in [1.165, 1.54) is 16.7 Å². The number of aryl methyl sites for hydroxylation is 1. The first-order chi connectivity index (χ1) is 15.2. The molecule has 0 radical (unpaired) electrons. The van der Waals surface area contributed by atoms with E-state index in [-0.39, 0.29) is 6.61 Å². The molecule has 0 spiro atoms. The Morgan fingerprint density at radius 1 is 1.12 bits per heavy atom. The molecule has 1 fully saturated rings. The van der Waals surface area contributed by atoms with E-state index in [4.69, 9.17) is 29.5 Å². The Morgan fingerprint density at radius 2 is 1.94 bits per heavy atom. The molecule has 0 saturated heterocycles. The number of benzene rings is 2. The summed E-state index contributed by atoms with van der Waals surface area (Å²) in [6, 6.07) is 14.4. The van der Waals surface area contributed by atoms with Crippen molar-refractivity contribution in [3.05, 3.63) is 59.2 Å². The third kappa shape index (κ3) is 5.91. The van der Waals surface area contributed by atoms with Gasteiger partial charge in [0.2, 0.25) is 0 Å². The van der Waals surface area contributed by atoms with Crippen LogP contribution in [0.2, 0.25) is 0 Å². The molecular formula is C24H32NO6P. The maximum atomic E-state index is 11.0. The van der Waals surface area contributed by atoms with Crippen LogP contribution >= 0.6 is 7.82 Å². The van der Waals surface area contributed by atoms with Gasteiger partial charge in [-0.1, -0.05) is 24.3 Å².